The third-order valence-corrected chi connectivity index (χ3v) is 2.80. The lowest BCUT2D eigenvalue weighted by Gasteiger charge is -2.22. The molecule has 0 atom stereocenters. The van der Waals surface area contributed by atoms with Crippen LogP contribution in [0.25, 0.3) is 0 Å². The predicted octanol–water partition coefficient (Wildman–Crippen LogP) is 3.96. The van der Waals surface area contributed by atoms with Gasteiger partial charge in [0, 0.05) is 6.20 Å². The van der Waals surface area contributed by atoms with Crippen molar-refractivity contribution in [3.63, 3.8) is 0 Å². The molecule has 0 spiro atoms. The van der Waals surface area contributed by atoms with E-state index in [-0.39, 0.29) is 5.41 Å². The molecule has 0 saturated heterocycles. The van der Waals surface area contributed by atoms with Crippen LogP contribution in [-0.4, -0.2) is 4.98 Å². The maximum Gasteiger partial charge on any atom is 0.130 e. The Labute approximate surface area is 109 Å². The molecule has 2 aromatic rings. The van der Waals surface area contributed by atoms with E-state index in [4.69, 9.17) is 4.74 Å². The average Bonchev–Trinajstić information content (AvgIpc) is 2.37. The minimum absolute atomic E-state index is 0.0840. The van der Waals surface area contributed by atoms with Crippen molar-refractivity contribution in [3.05, 3.63) is 59.9 Å². The standard InChI is InChI=1S/C16H19NO/c1-16(2,3)14-9-4-5-10-15(14)18-12-13-8-6-7-11-17-13/h4-11H,12H2,1-3H3. The van der Waals surface area contributed by atoms with Crippen molar-refractivity contribution in [2.45, 2.75) is 32.8 Å². The van der Waals surface area contributed by atoms with E-state index in [1.807, 2.05) is 36.4 Å². The van der Waals surface area contributed by atoms with Crippen molar-refractivity contribution >= 4 is 0 Å². The summed E-state index contributed by atoms with van der Waals surface area (Å²) in [5.74, 6) is 0.940. The molecule has 0 amide bonds. The minimum atomic E-state index is 0.0840. The number of hydrogen-bond donors (Lipinski definition) is 0. The summed E-state index contributed by atoms with van der Waals surface area (Å²) in [5.41, 5.74) is 2.25. The highest BCUT2D eigenvalue weighted by molar-refractivity contribution is 5.38. The molecule has 0 aliphatic heterocycles. The number of rotatable bonds is 3. The Bertz CT molecular complexity index is 500. The molecule has 94 valence electrons. The van der Waals surface area contributed by atoms with Crippen LogP contribution >= 0.6 is 0 Å². The van der Waals surface area contributed by atoms with Crippen LogP contribution in [0.4, 0.5) is 0 Å². The molecule has 0 aliphatic carbocycles. The second-order valence-corrected chi connectivity index (χ2v) is 5.36. The van der Waals surface area contributed by atoms with Crippen LogP contribution in [0.3, 0.4) is 0 Å². The van der Waals surface area contributed by atoms with Crippen molar-refractivity contribution in [2.75, 3.05) is 0 Å². The van der Waals surface area contributed by atoms with E-state index in [2.05, 4.69) is 31.8 Å². The molecule has 1 heterocycles. The number of nitrogens with zero attached hydrogens (tertiary/aromatic N) is 1. The smallest absolute Gasteiger partial charge is 0.130 e. The summed E-state index contributed by atoms with van der Waals surface area (Å²) < 4.78 is 5.89. The lowest BCUT2D eigenvalue weighted by molar-refractivity contribution is 0.293. The molecule has 0 aliphatic rings. The molecular formula is C16H19NO. The SMILES string of the molecule is CC(C)(C)c1ccccc1OCc1ccccn1. The lowest BCUT2D eigenvalue weighted by Crippen LogP contribution is -2.13. The molecular weight excluding hydrogens is 222 g/mol. The number of para-hydroxylation sites is 1. The van der Waals surface area contributed by atoms with E-state index >= 15 is 0 Å². The van der Waals surface area contributed by atoms with Crippen LogP contribution in [0.5, 0.6) is 5.75 Å². The third-order valence-electron chi connectivity index (χ3n) is 2.80. The Hall–Kier alpha value is -1.83. The zero-order chi connectivity index (χ0) is 13.0. The van der Waals surface area contributed by atoms with Crippen LogP contribution in [0.15, 0.2) is 48.7 Å². The maximum absolute atomic E-state index is 5.89. The van der Waals surface area contributed by atoms with Crippen molar-refractivity contribution < 1.29 is 4.74 Å². The quantitative estimate of drug-likeness (QED) is 0.811. The molecule has 0 N–H and O–H groups in total. The second kappa shape index (κ2) is 5.21. The van der Waals surface area contributed by atoms with Crippen LogP contribution in [0, 0.1) is 0 Å². The van der Waals surface area contributed by atoms with E-state index in [1.165, 1.54) is 5.56 Å². The summed E-state index contributed by atoms with van der Waals surface area (Å²) in [5, 5.41) is 0. The highest BCUT2D eigenvalue weighted by Crippen LogP contribution is 2.31. The molecule has 0 bridgehead atoms. The predicted molar refractivity (Wildman–Crippen MR) is 73.7 cm³/mol. The zero-order valence-corrected chi connectivity index (χ0v) is 11.2. The zero-order valence-electron chi connectivity index (χ0n) is 11.2. The highest BCUT2D eigenvalue weighted by atomic mass is 16.5. The molecule has 0 unspecified atom stereocenters. The molecule has 0 radical (unpaired) electrons. The number of aromatic nitrogens is 1. The van der Waals surface area contributed by atoms with Gasteiger partial charge in [0.15, 0.2) is 0 Å². The van der Waals surface area contributed by atoms with E-state index in [0.717, 1.165) is 11.4 Å². The van der Waals surface area contributed by atoms with Gasteiger partial charge in [0.2, 0.25) is 0 Å². The summed E-state index contributed by atoms with van der Waals surface area (Å²) in [4.78, 5) is 4.26. The van der Waals surface area contributed by atoms with E-state index in [0.29, 0.717) is 6.61 Å². The van der Waals surface area contributed by atoms with E-state index < -0.39 is 0 Å². The molecule has 2 rings (SSSR count). The van der Waals surface area contributed by atoms with Crippen molar-refractivity contribution in [2.24, 2.45) is 0 Å². The van der Waals surface area contributed by atoms with E-state index in [1.54, 1.807) is 6.20 Å². The summed E-state index contributed by atoms with van der Waals surface area (Å²) >= 11 is 0. The van der Waals surface area contributed by atoms with Crippen molar-refractivity contribution in [1.82, 2.24) is 4.98 Å². The van der Waals surface area contributed by atoms with E-state index in [9.17, 15) is 0 Å². The Morgan fingerprint density at radius 1 is 1.00 bits per heavy atom. The van der Waals surface area contributed by atoms with Gasteiger partial charge in [-0.3, -0.25) is 4.98 Å². The van der Waals surface area contributed by atoms with Crippen molar-refractivity contribution in [3.8, 4) is 5.75 Å². The van der Waals surface area contributed by atoms with Gasteiger partial charge >= 0.3 is 0 Å². The van der Waals surface area contributed by atoms with Gasteiger partial charge in [0.1, 0.15) is 12.4 Å². The Kier molecular flexibility index (Phi) is 3.66. The largest absolute Gasteiger partial charge is 0.487 e. The highest BCUT2D eigenvalue weighted by Gasteiger charge is 2.18. The fourth-order valence-electron chi connectivity index (χ4n) is 1.85. The van der Waals surface area contributed by atoms with Crippen molar-refractivity contribution in [1.29, 1.82) is 0 Å². The molecule has 0 saturated carbocycles. The van der Waals surface area contributed by atoms with Crippen LogP contribution in [0.2, 0.25) is 0 Å². The third kappa shape index (κ3) is 3.10. The van der Waals surface area contributed by atoms with Crippen LogP contribution < -0.4 is 4.74 Å². The lowest BCUT2D eigenvalue weighted by atomic mass is 9.86. The number of hydrogen-bond acceptors (Lipinski definition) is 2. The fraction of sp³-hybridized carbons (Fsp3) is 0.312. The molecule has 2 heteroatoms. The summed E-state index contributed by atoms with van der Waals surface area (Å²) in [6.45, 7) is 7.08. The van der Waals surface area contributed by atoms with Gasteiger partial charge in [-0.2, -0.15) is 0 Å². The Morgan fingerprint density at radius 3 is 2.39 bits per heavy atom. The van der Waals surface area contributed by atoms with Gasteiger partial charge in [-0.15, -0.1) is 0 Å². The van der Waals surface area contributed by atoms with Gasteiger partial charge in [-0.25, -0.2) is 0 Å². The molecule has 18 heavy (non-hydrogen) atoms. The maximum atomic E-state index is 5.89. The molecule has 1 aromatic heterocycles. The molecule has 1 aromatic carbocycles. The summed E-state index contributed by atoms with van der Waals surface area (Å²) in [7, 11) is 0. The molecule has 2 nitrogen and oxygen atoms in total. The van der Waals surface area contributed by atoms with Gasteiger partial charge in [0.25, 0.3) is 0 Å². The van der Waals surface area contributed by atoms with Gasteiger partial charge < -0.3 is 4.74 Å². The summed E-state index contributed by atoms with van der Waals surface area (Å²) in [6, 6.07) is 14.0. The monoisotopic (exact) mass is 241 g/mol. The first-order valence-electron chi connectivity index (χ1n) is 6.19. The Balaban J connectivity index is 2.15. The van der Waals surface area contributed by atoms with Gasteiger partial charge in [0.05, 0.1) is 5.69 Å². The second-order valence-electron chi connectivity index (χ2n) is 5.36. The first-order chi connectivity index (χ1) is 8.57. The first kappa shape index (κ1) is 12.6. The first-order valence-corrected chi connectivity index (χ1v) is 6.19. The average molecular weight is 241 g/mol. The molecule has 0 fully saturated rings. The van der Waals surface area contributed by atoms with Crippen LogP contribution in [-0.2, 0) is 12.0 Å². The fourth-order valence-corrected chi connectivity index (χ4v) is 1.85. The van der Waals surface area contributed by atoms with Crippen LogP contribution in [0.1, 0.15) is 32.0 Å². The number of ether oxygens (including phenoxy) is 1. The topological polar surface area (TPSA) is 22.1 Å². The normalized spacial score (nSPS) is 11.3. The Morgan fingerprint density at radius 2 is 1.72 bits per heavy atom. The number of pyridine rings is 1. The van der Waals surface area contributed by atoms with Gasteiger partial charge in [-0.05, 0) is 29.2 Å². The number of benzene rings is 1. The minimum Gasteiger partial charge on any atom is -0.487 e. The summed E-state index contributed by atoms with van der Waals surface area (Å²) in [6.07, 6.45) is 1.79. The van der Waals surface area contributed by atoms with Gasteiger partial charge in [-0.1, -0.05) is 45.0 Å².